The van der Waals surface area contributed by atoms with Crippen LogP contribution in [0.15, 0.2) is 53.4 Å². The molecular weight excluding hydrogens is 427 g/mol. The molecule has 0 saturated heterocycles. The summed E-state index contributed by atoms with van der Waals surface area (Å²) in [6, 6.07) is 12.4. The zero-order valence-electron chi connectivity index (χ0n) is 18.1. The minimum absolute atomic E-state index is 0.131. The lowest BCUT2D eigenvalue weighted by atomic mass is 9.76. The Hall–Kier alpha value is -1.56. The second-order valence-electron chi connectivity index (χ2n) is 8.99. The molecule has 0 aromatic heterocycles. The first-order valence-electron chi connectivity index (χ1n) is 11.4. The number of hydrogen-bond donors (Lipinski definition) is 0. The normalized spacial score (nSPS) is 22.0. The third kappa shape index (κ3) is 6.96. The van der Waals surface area contributed by atoms with Gasteiger partial charge in [-0.3, -0.25) is 0 Å². The van der Waals surface area contributed by atoms with Crippen molar-refractivity contribution in [3.05, 3.63) is 65.2 Å². The van der Waals surface area contributed by atoms with E-state index >= 15 is 0 Å². The highest BCUT2D eigenvalue weighted by molar-refractivity contribution is 8.45. The minimum atomic E-state index is -9.59. The number of hydrogen-bond acceptors (Lipinski definition) is 0. The fourth-order valence-electron chi connectivity index (χ4n) is 4.65. The molecule has 0 bridgehead atoms. The summed E-state index contributed by atoms with van der Waals surface area (Å²) in [5.74, 6) is 0.588. The molecule has 174 valence electrons. The van der Waals surface area contributed by atoms with Gasteiger partial charge in [0.2, 0.25) is 0 Å². The van der Waals surface area contributed by atoms with Gasteiger partial charge in [-0.1, -0.05) is 88.4 Å². The highest BCUT2D eigenvalue weighted by atomic mass is 32.5. The van der Waals surface area contributed by atoms with Crippen LogP contribution >= 0.6 is 10.2 Å². The van der Waals surface area contributed by atoms with Crippen molar-refractivity contribution in [3.8, 4) is 0 Å². The summed E-state index contributed by atoms with van der Waals surface area (Å²) in [7, 11) is -9.59. The molecule has 0 N–H and O–H groups in total. The first-order chi connectivity index (χ1) is 14.5. The van der Waals surface area contributed by atoms with Crippen molar-refractivity contribution in [3.63, 3.8) is 0 Å². The van der Waals surface area contributed by atoms with Crippen LogP contribution in [0, 0.1) is 0 Å². The van der Waals surface area contributed by atoms with Gasteiger partial charge >= 0.3 is 10.2 Å². The Morgan fingerprint density at radius 1 is 0.645 bits per heavy atom. The second-order valence-corrected chi connectivity index (χ2v) is 11.4. The van der Waals surface area contributed by atoms with Gasteiger partial charge in [-0.15, -0.1) is 0 Å². The van der Waals surface area contributed by atoms with Crippen LogP contribution in [0.1, 0.15) is 93.2 Å². The van der Waals surface area contributed by atoms with E-state index in [1.165, 1.54) is 55.4 Å². The van der Waals surface area contributed by atoms with E-state index in [1.54, 1.807) is 0 Å². The third-order valence-corrected chi connectivity index (χ3v) is 7.71. The molecule has 1 aliphatic carbocycles. The quantitative estimate of drug-likeness (QED) is 0.258. The lowest BCUT2D eigenvalue weighted by Crippen LogP contribution is -2.12. The molecule has 0 aliphatic heterocycles. The molecule has 0 heterocycles. The van der Waals surface area contributed by atoms with Gasteiger partial charge in [0, 0.05) is 0 Å². The van der Waals surface area contributed by atoms with Gasteiger partial charge in [-0.05, 0) is 79.2 Å². The van der Waals surface area contributed by atoms with Crippen LogP contribution in [0.5, 0.6) is 0 Å². The van der Waals surface area contributed by atoms with Gasteiger partial charge in [0.05, 0.1) is 0 Å². The molecule has 0 nitrogen and oxygen atoms in total. The van der Waals surface area contributed by atoms with E-state index in [0.717, 1.165) is 37.7 Å². The Kier molecular flexibility index (Phi) is 6.81. The van der Waals surface area contributed by atoms with Gasteiger partial charge < -0.3 is 0 Å². The Morgan fingerprint density at radius 3 is 1.55 bits per heavy atom. The van der Waals surface area contributed by atoms with Gasteiger partial charge in [-0.2, -0.15) is 0 Å². The zero-order valence-corrected chi connectivity index (χ0v) is 19.0. The van der Waals surface area contributed by atoms with E-state index in [1.807, 2.05) is 0 Å². The first-order valence-corrected chi connectivity index (χ1v) is 13.3. The maximum absolute atomic E-state index is 12.9. The van der Waals surface area contributed by atoms with Crippen LogP contribution in [-0.2, 0) is 6.42 Å². The molecule has 0 spiro atoms. The van der Waals surface area contributed by atoms with E-state index in [9.17, 15) is 19.4 Å². The largest absolute Gasteiger partial charge is 0.310 e. The topological polar surface area (TPSA) is 0 Å². The van der Waals surface area contributed by atoms with E-state index in [-0.39, 0.29) is 5.92 Å². The van der Waals surface area contributed by atoms with Crippen molar-refractivity contribution in [1.82, 2.24) is 0 Å². The predicted molar refractivity (Wildman–Crippen MR) is 121 cm³/mol. The van der Waals surface area contributed by atoms with E-state index in [0.29, 0.717) is 18.1 Å². The van der Waals surface area contributed by atoms with Crippen molar-refractivity contribution in [1.29, 1.82) is 0 Å². The SMILES string of the molecule is CCCCCCCc1ccc([C@H]2CC[C@H](c3ccc(S(F)(F)(F)(F)F)cc3)CC2)cc1. The third-order valence-electron chi connectivity index (χ3n) is 6.54. The number of rotatable bonds is 9. The average molecular weight is 461 g/mol. The first kappa shape index (κ1) is 24.1. The van der Waals surface area contributed by atoms with Gasteiger partial charge in [0.1, 0.15) is 4.90 Å². The summed E-state index contributed by atoms with van der Waals surface area (Å²) < 4.78 is 64.5. The highest BCUT2D eigenvalue weighted by Crippen LogP contribution is 3.02. The molecule has 1 fully saturated rings. The molecule has 3 rings (SSSR count). The smallest absolute Gasteiger partial charge is 0.0936 e. The monoisotopic (exact) mass is 460 g/mol. The predicted octanol–water partition coefficient (Wildman–Crippen LogP) is 10.3. The van der Waals surface area contributed by atoms with Gasteiger partial charge in [-0.25, -0.2) is 0 Å². The zero-order chi connectivity index (χ0) is 22.6. The summed E-state index contributed by atoms with van der Waals surface area (Å²) in [4.78, 5) is -1.80. The van der Waals surface area contributed by atoms with Crippen LogP contribution in [0.3, 0.4) is 0 Å². The number of aryl methyl sites for hydroxylation is 1. The molecule has 0 atom stereocenters. The van der Waals surface area contributed by atoms with Crippen molar-refractivity contribution in [2.24, 2.45) is 0 Å². The van der Waals surface area contributed by atoms with Crippen molar-refractivity contribution < 1.29 is 19.4 Å². The maximum atomic E-state index is 12.9. The summed E-state index contributed by atoms with van der Waals surface area (Å²) in [6.07, 6.45) is 11.1. The van der Waals surface area contributed by atoms with Crippen molar-refractivity contribution in [2.75, 3.05) is 0 Å². The summed E-state index contributed by atoms with van der Waals surface area (Å²) in [5, 5.41) is 0. The van der Waals surface area contributed by atoms with Crippen LogP contribution in [-0.4, -0.2) is 0 Å². The Balaban J connectivity index is 1.52. The Labute approximate surface area is 183 Å². The molecule has 1 saturated carbocycles. The molecular formula is C25H33F5S. The molecule has 6 heteroatoms. The lowest BCUT2D eigenvalue weighted by Gasteiger charge is -2.40. The van der Waals surface area contributed by atoms with Gasteiger partial charge in [0.15, 0.2) is 0 Å². The average Bonchev–Trinajstić information content (AvgIpc) is 2.73. The fraction of sp³-hybridized carbons (Fsp3) is 0.520. The lowest BCUT2D eigenvalue weighted by molar-refractivity contribution is 0.363. The Morgan fingerprint density at radius 2 is 1.10 bits per heavy atom. The number of halogens is 5. The Bertz CT molecular complexity index is 833. The van der Waals surface area contributed by atoms with Crippen LogP contribution in [0.4, 0.5) is 19.4 Å². The van der Waals surface area contributed by atoms with Crippen molar-refractivity contribution >= 4 is 10.2 Å². The number of unbranched alkanes of at least 4 members (excludes halogenated alkanes) is 4. The second kappa shape index (κ2) is 8.76. The summed E-state index contributed by atoms with van der Waals surface area (Å²) >= 11 is 0. The molecule has 0 radical (unpaired) electrons. The summed E-state index contributed by atoms with van der Waals surface area (Å²) in [6.45, 7) is 2.22. The fourth-order valence-corrected chi connectivity index (χ4v) is 5.30. The molecule has 1 aliphatic rings. The van der Waals surface area contributed by atoms with E-state index in [2.05, 4.69) is 31.2 Å². The van der Waals surface area contributed by atoms with Crippen molar-refractivity contribution in [2.45, 2.75) is 87.9 Å². The van der Waals surface area contributed by atoms with E-state index in [4.69, 9.17) is 0 Å². The molecule has 0 unspecified atom stereocenters. The highest BCUT2D eigenvalue weighted by Gasteiger charge is 2.65. The maximum Gasteiger partial charge on any atom is 0.310 e. The van der Waals surface area contributed by atoms with Crippen LogP contribution < -0.4 is 0 Å². The van der Waals surface area contributed by atoms with Crippen LogP contribution in [0.25, 0.3) is 0 Å². The molecule has 2 aromatic carbocycles. The minimum Gasteiger partial charge on any atom is -0.0936 e. The standard InChI is InChI=1S/C25H33F5S/c1-2-3-4-5-6-7-20-8-10-21(11-9-20)22-12-14-23(15-13-22)24-16-18-25(19-17-24)31(26,27,28,29)30/h8-11,16-19,22-23H,2-7,12-15H2,1H3/t22-,23-. The molecule has 0 amide bonds. The van der Waals surface area contributed by atoms with Gasteiger partial charge in [0.25, 0.3) is 0 Å². The number of benzene rings is 2. The summed E-state index contributed by atoms with van der Waals surface area (Å²) in [5.41, 5.74) is 3.42. The molecule has 2 aromatic rings. The van der Waals surface area contributed by atoms with E-state index < -0.39 is 15.1 Å². The molecule has 31 heavy (non-hydrogen) atoms. The van der Waals surface area contributed by atoms with Crippen LogP contribution in [0.2, 0.25) is 0 Å².